The van der Waals surface area contributed by atoms with Crippen LogP contribution in [0.5, 0.6) is 0 Å². The highest BCUT2D eigenvalue weighted by Gasteiger charge is 2.45. The van der Waals surface area contributed by atoms with Crippen LogP contribution in [0.1, 0.15) is 6.23 Å². The molecule has 1 aliphatic heterocycles. The van der Waals surface area contributed by atoms with Crippen molar-refractivity contribution in [1.82, 2.24) is 9.55 Å². The number of nitrogens with one attached hydrogen (secondary N) is 1. The molecule has 1 fully saturated rings. The van der Waals surface area contributed by atoms with Crippen molar-refractivity contribution in [2.24, 2.45) is 0 Å². The first kappa shape index (κ1) is 23.3. The molecular weight excluding hydrogens is 418 g/mol. The van der Waals surface area contributed by atoms with E-state index in [4.69, 9.17) is 33.6 Å². The molecule has 6 N–H and O–H groups in total. The highest BCUT2D eigenvalue weighted by molar-refractivity contribution is 8.06. The summed E-state index contributed by atoms with van der Waals surface area (Å²) in [5.41, 5.74) is -1.31. The number of ether oxygens (including phenoxy) is 2. The molecule has 1 aromatic heterocycles. The van der Waals surface area contributed by atoms with Crippen molar-refractivity contribution in [2.75, 3.05) is 13.7 Å². The minimum atomic E-state index is -3.90. The minimum Gasteiger partial charge on any atom is -0.387 e. The number of aromatic amines is 1. The van der Waals surface area contributed by atoms with Crippen molar-refractivity contribution in [1.29, 1.82) is 0 Å². The molecule has 0 aromatic carbocycles. The van der Waals surface area contributed by atoms with Gasteiger partial charge in [-0.2, -0.15) is 0 Å². The monoisotopic (exact) mass is 436 g/mol. The van der Waals surface area contributed by atoms with E-state index in [1.807, 2.05) is 0 Å². The Bertz CT molecular complexity index is 773. The van der Waals surface area contributed by atoms with Gasteiger partial charge in [-0.3, -0.25) is 18.9 Å². The molecule has 0 aliphatic carbocycles. The van der Waals surface area contributed by atoms with Crippen molar-refractivity contribution >= 4 is 26.8 Å². The third-order valence-corrected chi connectivity index (χ3v) is 3.92. The largest absolute Gasteiger partial charge is 0.387 e. The van der Waals surface area contributed by atoms with Gasteiger partial charge in [-0.25, -0.2) is 4.79 Å². The molecule has 0 amide bonds. The lowest BCUT2D eigenvalue weighted by Gasteiger charge is -2.19. The summed E-state index contributed by atoms with van der Waals surface area (Å²) in [5.74, 6) is 0. The van der Waals surface area contributed by atoms with Gasteiger partial charge in [0.15, 0.2) is 6.23 Å². The van der Waals surface area contributed by atoms with Gasteiger partial charge in [0.25, 0.3) is 5.56 Å². The molecule has 0 bridgehead atoms. The summed E-state index contributed by atoms with van der Waals surface area (Å²) in [6.45, 7) is -4.28. The third-order valence-electron chi connectivity index (χ3n) is 3.12. The Labute approximate surface area is 151 Å². The zero-order valence-corrected chi connectivity index (χ0v) is 15.9. The zero-order valence-electron chi connectivity index (χ0n) is 13.2. The second-order valence-corrected chi connectivity index (χ2v) is 8.07. The molecule has 4 atom stereocenters. The van der Waals surface area contributed by atoms with E-state index in [-0.39, 0.29) is 6.61 Å². The molecule has 0 saturated carbocycles. The number of aromatic nitrogens is 2. The van der Waals surface area contributed by atoms with E-state index in [9.17, 15) is 14.7 Å². The minimum absolute atomic E-state index is 0.389. The number of aliphatic hydroxyl groups is 1. The molecule has 16 heteroatoms. The van der Waals surface area contributed by atoms with Gasteiger partial charge >= 0.3 is 20.7 Å². The Morgan fingerprint density at radius 1 is 1.42 bits per heavy atom. The van der Waals surface area contributed by atoms with Gasteiger partial charge in [-0.15, -0.1) is 0 Å². The maximum atomic E-state index is 11.8. The molecule has 26 heavy (non-hydrogen) atoms. The fourth-order valence-corrected chi connectivity index (χ4v) is 2.66. The van der Waals surface area contributed by atoms with Crippen molar-refractivity contribution in [3.8, 4) is 0 Å². The number of hydrogen-bond donors (Lipinski definition) is 6. The summed E-state index contributed by atoms with van der Waals surface area (Å²) in [7, 11) is -1.82. The lowest BCUT2D eigenvalue weighted by Crippen LogP contribution is -2.38. The molecule has 0 radical (unpaired) electrons. The number of aliphatic hydroxyl groups excluding tert-OH is 1. The number of rotatable bonds is 5. The Hall–Kier alpha value is -0.760. The lowest BCUT2D eigenvalue weighted by molar-refractivity contribution is -0.0610. The molecule has 13 nitrogen and oxygen atoms in total. The van der Waals surface area contributed by atoms with Gasteiger partial charge in [0, 0.05) is 19.4 Å². The standard InChI is InChI=1S/C10H15N2O8PS.H3O3P/c1-18-8-7(14)5(4-19-21(16,17)22)20-9(8)12-3-2-6(13)11-10(12)15;1-4(2)3/h2-3,5,7-9,14H,4H2,1H3,(H,11,13,15)(H2,16,17,22);4H,(H2,1,2,3)/t5-,7-,8-,9-;/m1./s1. The smallest absolute Gasteiger partial charge is 0.330 e. The van der Waals surface area contributed by atoms with Gasteiger partial charge in [-0.05, 0) is 11.8 Å². The molecule has 2 rings (SSSR count). The highest BCUT2D eigenvalue weighted by Crippen LogP contribution is 2.39. The van der Waals surface area contributed by atoms with Gasteiger partial charge in [-0.1, -0.05) is 0 Å². The summed E-state index contributed by atoms with van der Waals surface area (Å²) in [5, 5.41) is 10.1. The molecule has 1 aromatic rings. The van der Waals surface area contributed by atoms with Crippen LogP contribution in [-0.4, -0.2) is 66.3 Å². The summed E-state index contributed by atoms with van der Waals surface area (Å²) in [6, 6.07) is 1.12. The van der Waals surface area contributed by atoms with Crippen molar-refractivity contribution in [3.63, 3.8) is 0 Å². The number of hydrogen-bond acceptors (Lipinski definition) is 8. The summed E-state index contributed by atoms with van der Waals surface area (Å²) < 4.78 is 25.0. The normalized spacial score (nSPS) is 25.8. The second-order valence-electron chi connectivity index (χ2n) is 4.84. The average Bonchev–Trinajstić information content (AvgIpc) is 2.80. The Kier molecular flexibility index (Phi) is 8.93. The molecule has 1 aliphatic rings. The van der Waals surface area contributed by atoms with Crippen LogP contribution in [0.4, 0.5) is 0 Å². The molecule has 0 spiro atoms. The van der Waals surface area contributed by atoms with Crippen LogP contribution in [0.25, 0.3) is 0 Å². The number of H-pyrrole nitrogens is 1. The van der Waals surface area contributed by atoms with Crippen LogP contribution in [0, 0.1) is 0 Å². The van der Waals surface area contributed by atoms with Gasteiger partial charge in [0.05, 0.1) is 6.61 Å². The maximum Gasteiger partial charge on any atom is 0.330 e. The van der Waals surface area contributed by atoms with Crippen LogP contribution in [0.3, 0.4) is 0 Å². The molecule has 150 valence electrons. The van der Waals surface area contributed by atoms with Gasteiger partial charge in [0.1, 0.15) is 18.3 Å². The number of nitrogens with zero attached hydrogens (tertiary/aromatic N) is 1. The van der Waals surface area contributed by atoms with Crippen molar-refractivity contribution in [2.45, 2.75) is 24.5 Å². The molecule has 1 saturated heterocycles. The average molecular weight is 436 g/mol. The van der Waals surface area contributed by atoms with Crippen molar-refractivity contribution < 1.29 is 43.2 Å². The summed E-state index contributed by atoms with van der Waals surface area (Å²) in [6.07, 6.45) is -2.93. The molecule has 0 unspecified atom stereocenters. The summed E-state index contributed by atoms with van der Waals surface area (Å²) >= 11 is 4.31. The van der Waals surface area contributed by atoms with Gasteiger partial charge in [0.2, 0.25) is 0 Å². The maximum absolute atomic E-state index is 11.8. The van der Waals surface area contributed by atoms with Crippen LogP contribution in [0.2, 0.25) is 0 Å². The first-order valence-electron chi connectivity index (χ1n) is 6.76. The van der Waals surface area contributed by atoms with Crippen LogP contribution >= 0.6 is 15.0 Å². The van der Waals surface area contributed by atoms with E-state index in [1.54, 1.807) is 0 Å². The van der Waals surface area contributed by atoms with E-state index in [2.05, 4.69) is 21.3 Å². The van der Waals surface area contributed by atoms with E-state index < -0.39 is 50.8 Å². The fourth-order valence-electron chi connectivity index (χ4n) is 2.13. The van der Waals surface area contributed by atoms with E-state index in [0.29, 0.717) is 0 Å². The fraction of sp³-hybridized carbons (Fsp3) is 0.600. The van der Waals surface area contributed by atoms with Crippen molar-refractivity contribution in [3.05, 3.63) is 33.1 Å². The third kappa shape index (κ3) is 7.10. The van der Waals surface area contributed by atoms with Crippen LogP contribution in [-0.2, 0) is 30.4 Å². The topological polar surface area (TPSA) is 201 Å². The Balaban J connectivity index is 0.000000765. The predicted octanol–water partition coefficient (Wildman–Crippen LogP) is -2.60. The predicted molar refractivity (Wildman–Crippen MR) is 90.2 cm³/mol. The first-order valence-corrected chi connectivity index (χ1v) is 10.7. The first-order chi connectivity index (χ1) is 12.0. The number of methoxy groups -OCH3 is 1. The quantitative estimate of drug-likeness (QED) is 0.263. The van der Waals surface area contributed by atoms with E-state index in [1.165, 1.54) is 13.3 Å². The highest BCUT2D eigenvalue weighted by atomic mass is 32.5. The Morgan fingerprint density at radius 2 is 2.00 bits per heavy atom. The van der Waals surface area contributed by atoms with E-state index >= 15 is 0 Å². The van der Waals surface area contributed by atoms with Crippen LogP contribution in [0.15, 0.2) is 21.9 Å². The molecule has 2 heterocycles. The second kappa shape index (κ2) is 9.97. The Morgan fingerprint density at radius 3 is 2.46 bits per heavy atom. The van der Waals surface area contributed by atoms with Crippen LogP contribution < -0.4 is 11.2 Å². The summed E-state index contributed by atoms with van der Waals surface area (Å²) in [4.78, 5) is 57.3. The lowest BCUT2D eigenvalue weighted by atomic mass is 10.1. The molecular formula is C10H18N2O11P2S. The van der Waals surface area contributed by atoms with E-state index in [0.717, 1.165) is 10.6 Å². The van der Waals surface area contributed by atoms with Gasteiger partial charge < -0.3 is 38.7 Å². The SMILES string of the molecule is CO[C@@H]1[C@H](O)[C@@H](COP(O)(O)=S)O[C@H]1n1ccc(=O)[nH]c1=O.O=[PH](O)O. The zero-order chi connectivity index (χ0) is 20.1.